The minimum absolute atomic E-state index is 0.519. The first-order valence-electron chi connectivity index (χ1n) is 5.78. The van der Waals surface area contributed by atoms with Crippen molar-refractivity contribution >= 4 is 23.4 Å². The Bertz CT molecular complexity index is 371. The standard InChI is InChI=1S/C11H19N5S/c1-7(8-4-5-8)16(2)10-6-9(15-12)13-11(14-10)17-3/h6-8H,4-5,12H2,1-3H3,(H,13,14,15). The maximum atomic E-state index is 5.42. The lowest BCUT2D eigenvalue weighted by Gasteiger charge is -2.26. The first-order valence-corrected chi connectivity index (χ1v) is 7.00. The molecule has 1 saturated carbocycles. The third kappa shape index (κ3) is 2.81. The maximum absolute atomic E-state index is 5.42. The molecule has 94 valence electrons. The van der Waals surface area contributed by atoms with Gasteiger partial charge in [-0.15, -0.1) is 0 Å². The molecule has 17 heavy (non-hydrogen) atoms. The van der Waals surface area contributed by atoms with Crippen LogP contribution in [0.4, 0.5) is 11.6 Å². The summed E-state index contributed by atoms with van der Waals surface area (Å²) in [4.78, 5) is 11.0. The van der Waals surface area contributed by atoms with Crippen molar-refractivity contribution in [3.05, 3.63) is 6.07 Å². The van der Waals surface area contributed by atoms with Crippen molar-refractivity contribution in [3.63, 3.8) is 0 Å². The summed E-state index contributed by atoms with van der Waals surface area (Å²) in [6.07, 6.45) is 4.62. The Kier molecular flexibility index (Phi) is 3.73. The van der Waals surface area contributed by atoms with Crippen LogP contribution < -0.4 is 16.2 Å². The molecule has 1 unspecified atom stereocenters. The highest BCUT2D eigenvalue weighted by Gasteiger charge is 2.31. The average molecular weight is 253 g/mol. The van der Waals surface area contributed by atoms with Gasteiger partial charge in [0.1, 0.15) is 11.6 Å². The van der Waals surface area contributed by atoms with E-state index in [2.05, 4.69) is 34.3 Å². The van der Waals surface area contributed by atoms with Crippen molar-refractivity contribution in [1.29, 1.82) is 0 Å². The van der Waals surface area contributed by atoms with Crippen LogP contribution in [0.1, 0.15) is 19.8 Å². The number of aromatic nitrogens is 2. The second kappa shape index (κ2) is 5.10. The molecular formula is C11H19N5S. The predicted molar refractivity (Wildman–Crippen MR) is 72.2 cm³/mol. The number of nitrogens with zero attached hydrogens (tertiary/aromatic N) is 3. The molecule has 1 aromatic heterocycles. The molecule has 0 saturated heterocycles. The normalized spacial score (nSPS) is 16.7. The van der Waals surface area contributed by atoms with Gasteiger partial charge in [0.2, 0.25) is 0 Å². The molecule has 0 radical (unpaired) electrons. The van der Waals surface area contributed by atoms with E-state index in [1.165, 1.54) is 24.6 Å². The molecule has 6 heteroatoms. The highest BCUT2D eigenvalue weighted by atomic mass is 32.2. The van der Waals surface area contributed by atoms with Crippen molar-refractivity contribution in [2.24, 2.45) is 11.8 Å². The van der Waals surface area contributed by atoms with Crippen LogP contribution in [0.5, 0.6) is 0 Å². The number of rotatable bonds is 5. The molecule has 1 aromatic rings. The van der Waals surface area contributed by atoms with Gasteiger partial charge < -0.3 is 10.3 Å². The van der Waals surface area contributed by atoms with E-state index in [1.54, 1.807) is 0 Å². The summed E-state index contributed by atoms with van der Waals surface area (Å²) in [5.41, 5.74) is 2.59. The summed E-state index contributed by atoms with van der Waals surface area (Å²) in [5, 5.41) is 0.741. The zero-order valence-corrected chi connectivity index (χ0v) is 11.3. The summed E-state index contributed by atoms with van der Waals surface area (Å²) in [6.45, 7) is 2.24. The number of anilines is 2. The number of hydrazine groups is 1. The van der Waals surface area contributed by atoms with Crippen molar-refractivity contribution in [2.75, 3.05) is 23.6 Å². The lowest BCUT2D eigenvalue weighted by molar-refractivity contribution is 0.601. The van der Waals surface area contributed by atoms with Crippen molar-refractivity contribution in [2.45, 2.75) is 31.0 Å². The van der Waals surface area contributed by atoms with Crippen LogP contribution >= 0.6 is 11.8 Å². The monoisotopic (exact) mass is 253 g/mol. The van der Waals surface area contributed by atoms with Gasteiger partial charge in [0.25, 0.3) is 0 Å². The van der Waals surface area contributed by atoms with Gasteiger partial charge in [0.05, 0.1) is 0 Å². The largest absolute Gasteiger partial charge is 0.356 e. The van der Waals surface area contributed by atoms with Crippen LogP contribution in [0.3, 0.4) is 0 Å². The zero-order chi connectivity index (χ0) is 12.4. The second-order valence-electron chi connectivity index (χ2n) is 4.43. The van der Waals surface area contributed by atoms with Gasteiger partial charge in [0, 0.05) is 19.2 Å². The van der Waals surface area contributed by atoms with Gasteiger partial charge in [-0.1, -0.05) is 11.8 Å². The number of hydrogen-bond donors (Lipinski definition) is 2. The van der Waals surface area contributed by atoms with Crippen LogP contribution in [0.25, 0.3) is 0 Å². The first kappa shape index (κ1) is 12.4. The molecule has 3 N–H and O–H groups in total. The molecule has 1 atom stereocenters. The fourth-order valence-corrected chi connectivity index (χ4v) is 2.24. The minimum atomic E-state index is 0.519. The van der Waals surface area contributed by atoms with Crippen molar-refractivity contribution in [3.8, 4) is 0 Å². The van der Waals surface area contributed by atoms with E-state index < -0.39 is 0 Å². The number of nitrogens with two attached hydrogens (primary N) is 1. The van der Waals surface area contributed by atoms with E-state index in [4.69, 9.17) is 5.84 Å². The van der Waals surface area contributed by atoms with Gasteiger partial charge in [-0.05, 0) is 31.9 Å². The van der Waals surface area contributed by atoms with Gasteiger partial charge in [-0.2, -0.15) is 0 Å². The van der Waals surface area contributed by atoms with E-state index in [0.29, 0.717) is 11.9 Å². The third-order valence-electron chi connectivity index (χ3n) is 3.30. The first-order chi connectivity index (χ1) is 8.15. The fourth-order valence-electron chi connectivity index (χ4n) is 1.86. The van der Waals surface area contributed by atoms with E-state index in [1.807, 2.05) is 12.3 Å². The molecule has 0 aliphatic heterocycles. The number of thioether (sulfide) groups is 1. The molecule has 0 spiro atoms. The van der Waals surface area contributed by atoms with Gasteiger partial charge in [-0.25, -0.2) is 15.8 Å². The summed E-state index contributed by atoms with van der Waals surface area (Å²) in [5.74, 6) is 7.82. The molecule has 1 fully saturated rings. The number of nitrogens with one attached hydrogen (secondary N) is 1. The van der Waals surface area contributed by atoms with Crippen molar-refractivity contribution in [1.82, 2.24) is 9.97 Å². The molecular weight excluding hydrogens is 234 g/mol. The molecule has 0 amide bonds. The Labute approximate surface area is 106 Å². The van der Waals surface area contributed by atoms with Gasteiger partial charge >= 0.3 is 0 Å². The van der Waals surface area contributed by atoms with E-state index in [-0.39, 0.29) is 0 Å². The zero-order valence-electron chi connectivity index (χ0n) is 10.5. The SMILES string of the molecule is CSc1nc(NN)cc(N(C)C(C)C2CC2)n1. The lowest BCUT2D eigenvalue weighted by Crippen LogP contribution is -2.31. The van der Waals surface area contributed by atoms with Crippen LogP contribution in [-0.2, 0) is 0 Å². The minimum Gasteiger partial charge on any atom is -0.356 e. The van der Waals surface area contributed by atoms with Gasteiger partial charge in [0.15, 0.2) is 5.16 Å². The summed E-state index contributed by atoms with van der Waals surface area (Å²) >= 11 is 1.52. The molecule has 0 bridgehead atoms. The summed E-state index contributed by atoms with van der Waals surface area (Å²) in [7, 11) is 2.08. The lowest BCUT2D eigenvalue weighted by atomic mass is 10.2. The molecule has 1 heterocycles. The van der Waals surface area contributed by atoms with Crippen molar-refractivity contribution < 1.29 is 0 Å². The second-order valence-corrected chi connectivity index (χ2v) is 5.20. The Morgan fingerprint density at radius 3 is 2.76 bits per heavy atom. The predicted octanol–water partition coefficient (Wildman–Crippen LogP) is 1.72. The highest BCUT2D eigenvalue weighted by molar-refractivity contribution is 7.98. The molecule has 5 nitrogen and oxygen atoms in total. The molecule has 1 aliphatic carbocycles. The Morgan fingerprint density at radius 2 is 2.24 bits per heavy atom. The van der Waals surface area contributed by atoms with E-state index in [9.17, 15) is 0 Å². The van der Waals surface area contributed by atoms with Crippen LogP contribution in [-0.4, -0.2) is 29.3 Å². The van der Waals surface area contributed by atoms with Crippen LogP contribution in [0, 0.1) is 5.92 Å². The van der Waals surface area contributed by atoms with E-state index >= 15 is 0 Å². The summed E-state index contributed by atoms with van der Waals surface area (Å²) in [6, 6.07) is 2.41. The fraction of sp³-hybridized carbons (Fsp3) is 0.636. The smallest absolute Gasteiger partial charge is 0.191 e. The Morgan fingerprint density at radius 1 is 1.53 bits per heavy atom. The van der Waals surface area contributed by atoms with Crippen LogP contribution in [0.15, 0.2) is 11.2 Å². The van der Waals surface area contributed by atoms with E-state index in [0.717, 1.165) is 16.9 Å². The highest BCUT2D eigenvalue weighted by Crippen LogP contribution is 2.36. The number of hydrogen-bond acceptors (Lipinski definition) is 6. The third-order valence-corrected chi connectivity index (χ3v) is 3.85. The quantitative estimate of drug-likeness (QED) is 0.360. The number of nitrogen functional groups attached to an aromatic ring is 1. The molecule has 1 aliphatic rings. The van der Waals surface area contributed by atoms with Crippen LogP contribution in [0.2, 0.25) is 0 Å². The Balaban J connectivity index is 2.23. The Hall–Kier alpha value is -1.01. The maximum Gasteiger partial charge on any atom is 0.191 e. The average Bonchev–Trinajstić information content (AvgIpc) is 3.20. The topological polar surface area (TPSA) is 67.1 Å². The summed E-state index contributed by atoms with van der Waals surface area (Å²) < 4.78 is 0. The molecule has 2 rings (SSSR count). The van der Waals surface area contributed by atoms with Gasteiger partial charge in [-0.3, -0.25) is 0 Å². The molecule has 0 aromatic carbocycles.